The van der Waals surface area contributed by atoms with Crippen LogP contribution in [0.15, 0.2) is 66.7 Å². The number of benzene rings is 3. The second-order valence-electron chi connectivity index (χ2n) is 5.88. The number of nitrogens with one attached hydrogen (secondary N) is 1. The maximum Gasteiger partial charge on any atom is 0.252 e. The lowest BCUT2D eigenvalue weighted by Crippen LogP contribution is -2.23. The van der Waals surface area contributed by atoms with Crippen LogP contribution in [0.3, 0.4) is 0 Å². The Hall–Kier alpha value is -2.91. The number of ketones is 1. The first kappa shape index (κ1) is 15.6. The van der Waals surface area contributed by atoms with Gasteiger partial charge in [-0.3, -0.25) is 9.59 Å². The van der Waals surface area contributed by atoms with Crippen LogP contribution >= 0.6 is 11.6 Å². The lowest BCUT2D eigenvalue weighted by atomic mass is 9.99. The fraction of sp³-hybridized carbons (Fsp3) is 0.0476. The Morgan fingerprint density at radius 2 is 1.52 bits per heavy atom. The molecule has 1 aliphatic rings. The summed E-state index contributed by atoms with van der Waals surface area (Å²) < 4.78 is 0. The summed E-state index contributed by atoms with van der Waals surface area (Å²) in [7, 11) is 0. The van der Waals surface area contributed by atoms with Gasteiger partial charge in [0.05, 0.1) is 0 Å². The van der Waals surface area contributed by atoms with Gasteiger partial charge in [0.15, 0.2) is 5.78 Å². The van der Waals surface area contributed by atoms with E-state index >= 15 is 0 Å². The van der Waals surface area contributed by atoms with Crippen LogP contribution in [0.5, 0.6) is 0 Å². The molecule has 0 unspecified atom stereocenters. The largest absolute Gasteiger partial charge is 0.348 e. The topological polar surface area (TPSA) is 46.2 Å². The molecule has 4 heteroatoms. The first-order chi connectivity index (χ1) is 12.2. The third-order valence-electron chi connectivity index (χ3n) is 4.39. The molecule has 0 atom stereocenters. The van der Waals surface area contributed by atoms with Gasteiger partial charge in [0.1, 0.15) is 0 Å². The van der Waals surface area contributed by atoms with Gasteiger partial charge in [-0.25, -0.2) is 0 Å². The number of amides is 1. The highest BCUT2D eigenvalue weighted by Crippen LogP contribution is 2.38. The molecule has 0 saturated heterocycles. The average molecular weight is 348 g/mol. The average Bonchev–Trinajstić information content (AvgIpc) is 2.94. The smallest absolute Gasteiger partial charge is 0.252 e. The van der Waals surface area contributed by atoms with Crippen LogP contribution in [0.4, 0.5) is 0 Å². The summed E-state index contributed by atoms with van der Waals surface area (Å²) >= 11 is 6.14. The molecule has 3 nitrogen and oxygen atoms in total. The van der Waals surface area contributed by atoms with E-state index in [9.17, 15) is 9.59 Å². The summed E-state index contributed by atoms with van der Waals surface area (Å²) in [5.74, 6) is -0.257. The highest BCUT2D eigenvalue weighted by molar-refractivity contribution is 6.31. The van der Waals surface area contributed by atoms with Crippen LogP contribution in [0, 0.1) is 0 Å². The van der Waals surface area contributed by atoms with E-state index in [2.05, 4.69) is 5.32 Å². The second-order valence-corrected chi connectivity index (χ2v) is 6.28. The number of carbonyl (C=O) groups is 2. The number of halogens is 1. The fourth-order valence-electron chi connectivity index (χ4n) is 3.18. The van der Waals surface area contributed by atoms with Crippen molar-refractivity contribution in [3.05, 3.63) is 94.0 Å². The first-order valence-electron chi connectivity index (χ1n) is 7.95. The molecule has 0 radical (unpaired) electrons. The monoisotopic (exact) mass is 347 g/mol. The molecule has 25 heavy (non-hydrogen) atoms. The quantitative estimate of drug-likeness (QED) is 0.594. The molecule has 0 aliphatic heterocycles. The fourth-order valence-corrected chi connectivity index (χ4v) is 3.38. The van der Waals surface area contributed by atoms with E-state index < -0.39 is 0 Å². The molecule has 0 aromatic heterocycles. The molecule has 0 spiro atoms. The van der Waals surface area contributed by atoms with E-state index in [0.717, 1.165) is 11.1 Å². The minimum absolute atomic E-state index is 0.0358. The number of hydrogen-bond acceptors (Lipinski definition) is 2. The Kier molecular flexibility index (Phi) is 3.86. The van der Waals surface area contributed by atoms with Gasteiger partial charge in [0.2, 0.25) is 0 Å². The van der Waals surface area contributed by atoms with Crippen LogP contribution in [0.1, 0.15) is 31.8 Å². The lowest BCUT2D eigenvalue weighted by Gasteiger charge is -2.10. The molecular weight excluding hydrogens is 334 g/mol. The number of rotatable bonds is 3. The lowest BCUT2D eigenvalue weighted by molar-refractivity contribution is 0.0951. The third-order valence-corrected chi connectivity index (χ3v) is 4.76. The summed E-state index contributed by atoms with van der Waals surface area (Å²) in [4.78, 5) is 25.3. The van der Waals surface area contributed by atoms with Gasteiger partial charge in [-0.05, 0) is 23.3 Å². The summed E-state index contributed by atoms with van der Waals surface area (Å²) in [6, 6.07) is 20.0. The summed E-state index contributed by atoms with van der Waals surface area (Å²) in [5, 5.41) is 3.51. The van der Waals surface area contributed by atoms with E-state index in [4.69, 9.17) is 11.6 Å². The maximum absolute atomic E-state index is 12.7. The molecule has 4 rings (SSSR count). The minimum Gasteiger partial charge on any atom is -0.348 e. The molecule has 1 N–H and O–H groups in total. The molecule has 122 valence electrons. The van der Waals surface area contributed by atoms with E-state index in [-0.39, 0.29) is 11.7 Å². The van der Waals surface area contributed by atoms with Crippen molar-refractivity contribution in [1.29, 1.82) is 0 Å². The van der Waals surface area contributed by atoms with Crippen LogP contribution in [-0.4, -0.2) is 11.7 Å². The molecule has 3 aromatic carbocycles. The second kappa shape index (κ2) is 6.19. The zero-order chi connectivity index (χ0) is 17.4. The van der Waals surface area contributed by atoms with Crippen molar-refractivity contribution in [3.8, 4) is 11.1 Å². The normalized spacial score (nSPS) is 11.8. The molecular formula is C21H14ClNO2. The van der Waals surface area contributed by atoms with Crippen LogP contribution in [0.25, 0.3) is 11.1 Å². The van der Waals surface area contributed by atoms with Crippen molar-refractivity contribution in [3.63, 3.8) is 0 Å². The predicted molar refractivity (Wildman–Crippen MR) is 97.9 cm³/mol. The van der Waals surface area contributed by atoms with E-state index in [1.54, 1.807) is 30.3 Å². The van der Waals surface area contributed by atoms with E-state index in [1.165, 1.54) is 0 Å². The zero-order valence-corrected chi connectivity index (χ0v) is 14.0. The van der Waals surface area contributed by atoms with Crippen molar-refractivity contribution in [2.24, 2.45) is 0 Å². The van der Waals surface area contributed by atoms with Crippen LogP contribution in [0.2, 0.25) is 5.02 Å². The SMILES string of the molecule is O=C(NCc1ccccc1Cl)c1cccc2c1-c1ccccc1C2=O. The Balaban J connectivity index is 1.68. The van der Waals surface area contributed by atoms with Crippen LogP contribution < -0.4 is 5.32 Å². The molecule has 0 saturated carbocycles. The van der Waals surface area contributed by atoms with Crippen LogP contribution in [-0.2, 0) is 6.54 Å². The van der Waals surface area contributed by atoms with E-state index in [0.29, 0.717) is 33.8 Å². The molecule has 0 bridgehead atoms. The van der Waals surface area contributed by atoms with E-state index in [1.807, 2.05) is 36.4 Å². The Labute approximate surface area is 150 Å². The minimum atomic E-state index is -0.221. The van der Waals surface area contributed by atoms with Crippen molar-refractivity contribution in [1.82, 2.24) is 5.32 Å². The van der Waals surface area contributed by atoms with Gasteiger partial charge in [-0.2, -0.15) is 0 Å². The van der Waals surface area contributed by atoms with Gasteiger partial charge >= 0.3 is 0 Å². The highest BCUT2D eigenvalue weighted by Gasteiger charge is 2.29. The Bertz CT molecular complexity index is 1010. The summed E-state index contributed by atoms with van der Waals surface area (Å²) in [6.07, 6.45) is 0. The standard InChI is InChI=1S/C21H14ClNO2/c22-18-11-4-1-6-13(18)12-23-21(25)17-10-5-9-16-19(17)14-7-2-3-8-15(14)20(16)24/h1-11H,12H2,(H,23,25). The molecule has 1 amide bonds. The van der Waals surface area contributed by atoms with Gasteiger partial charge < -0.3 is 5.32 Å². The van der Waals surface area contributed by atoms with Crippen molar-refractivity contribution >= 4 is 23.3 Å². The predicted octanol–water partition coefficient (Wildman–Crippen LogP) is 4.48. The molecule has 1 aliphatic carbocycles. The Morgan fingerprint density at radius 1 is 0.840 bits per heavy atom. The number of fused-ring (bicyclic) bond motifs is 3. The molecule has 0 heterocycles. The van der Waals surface area contributed by atoms with Crippen molar-refractivity contribution in [2.45, 2.75) is 6.54 Å². The first-order valence-corrected chi connectivity index (χ1v) is 8.33. The number of carbonyl (C=O) groups excluding carboxylic acids is 2. The zero-order valence-electron chi connectivity index (χ0n) is 13.3. The van der Waals surface area contributed by atoms with Gasteiger partial charge in [-0.1, -0.05) is 66.2 Å². The van der Waals surface area contributed by atoms with Gasteiger partial charge in [0, 0.05) is 33.8 Å². The number of hydrogen-bond donors (Lipinski definition) is 1. The maximum atomic E-state index is 12.7. The Morgan fingerprint density at radius 3 is 2.32 bits per heavy atom. The molecule has 3 aromatic rings. The third kappa shape index (κ3) is 2.63. The van der Waals surface area contributed by atoms with Gasteiger partial charge in [-0.15, -0.1) is 0 Å². The highest BCUT2D eigenvalue weighted by atomic mass is 35.5. The van der Waals surface area contributed by atoms with Crippen molar-refractivity contribution in [2.75, 3.05) is 0 Å². The van der Waals surface area contributed by atoms with Crippen molar-refractivity contribution < 1.29 is 9.59 Å². The summed E-state index contributed by atoms with van der Waals surface area (Å²) in [5.41, 5.74) is 4.09. The van der Waals surface area contributed by atoms with Gasteiger partial charge in [0.25, 0.3) is 5.91 Å². The summed E-state index contributed by atoms with van der Waals surface area (Å²) in [6.45, 7) is 0.331. The molecule has 0 fully saturated rings.